The number of amides is 1. The zero-order valence-corrected chi connectivity index (χ0v) is 14.7. The van der Waals surface area contributed by atoms with Crippen molar-refractivity contribution in [3.8, 4) is 6.07 Å². The second kappa shape index (κ2) is 6.53. The smallest absolute Gasteiger partial charge is 0.225 e. The molecular weight excluding hydrogens is 336 g/mol. The first-order valence-corrected chi connectivity index (χ1v) is 9.07. The van der Waals surface area contributed by atoms with Crippen LogP contribution in [0.15, 0.2) is 24.4 Å². The summed E-state index contributed by atoms with van der Waals surface area (Å²) in [5, 5.41) is 11.1. The maximum atomic E-state index is 12.4. The van der Waals surface area contributed by atoms with Crippen molar-refractivity contribution in [1.29, 1.82) is 5.26 Å². The third-order valence-corrected chi connectivity index (χ3v) is 5.21. The molecule has 1 amide bonds. The predicted molar refractivity (Wildman–Crippen MR) is 97.6 cm³/mol. The van der Waals surface area contributed by atoms with E-state index >= 15 is 0 Å². The molecule has 0 bridgehead atoms. The molecule has 25 heavy (non-hydrogen) atoms. The highest BCUT2D eigenvalue weighted by atomic mass is 35.5. The Hall–Kier alpha value is -2.32. The highest BCUT2D eigenvalue weighted by molar-refractivity contribution is 6.31. The van der Waals surface area contributed by atoms with Crippen LogP contribution in [0.4, 0.5) is 5.69 Å². The van der Waals surface area contributed by atoms with Gasteiger partial charge in [-0.25, -0.2) is 0 Å². The lowest BCUT2D eigenvalue weighted by Crippen LogP contribution is -2.36. The van der Waals surface area contributed by atoms with Crippen molar-refractivity contribution in [2.75, 3.05) is 31.1 Å². The quantitative estimate of drug-likeness (QED) is 0.830. The van der Waals surface area contributed by atoms with Gasteiger partial charge in [-0.1, -0.05) is 11.6 Å². The van der Waals surface area contributed by atoms with E-state index in [1.165, 1.54) is 0 Å². The second-order valence-electron chi connectivity index (χ2n) is 6.73. The normalized spacial score (nSPS) is 18.1. The lowest BCUT2D eigenvalue weighted by atomic mass is 10.1. The number of halogens is 1. The van der Waals surface area contributed by atoms with Crippen molar-refractivity contribution in [3.05, 3.63) is 35.0 Å². The average Bonchev–Trinajstić information content (AvgIpc) is 3.46. The number of pyridine rings is 1. The van der Waals surface area contributed by atoms with E-state index in [0.29, 0.717) is 23.0 Å². The van der Waals surface area contributed by atoms with Crippen LogP contribution >= 0.6 is 11.6 Å². The summed E-state index contributed by atoms with van der Waals surface area (Å²) in [6, 6.07) is 7.82. The lowest BCUT2D eigenvalue weighted by molar-refractivity contribution is -0.132. The summed E-state index contributed by atoms with van der Waals surface area (Å²) < 4.78 is 0. The number of anilines is 1. The van der Waals surface area contributed by atoms with E-state index in [4.69, 9.17) is 11.6 Å². The number of nitrogens with zero attached hydrogens (tertiary/aromatic N) is 4. The Kier molecular flexibility index (Phi) is 4.22. The molecule has 2 heterocycles. The molecule has 2 aromatic rings. The van der Waals surface area contributed by atoms with Crippen LogP contribution in [-0.4, -0.2) is 42.0 Å². The molecule has 1 aromatic carbocycles. The molecule has 4 rings (SSSR count). The van der Waals surface area contributed by atoms with E-state index in [-0.39, 0.29) is 5.92 Å². The summed E-state index contributed by atoms with van der Waals surface area (Å²) in [4.78, 5) is 20.9. The molecule has 1 saturated carbocycles. The van der Waals surface area contributed by atoms with Crippen molar-refractivity contribution in [2.24, 2.45) is 5.92 Å². The summed E-state index contributed by atoms with van der Waals surface area (Å²) in [6.45, 7) is 3.02. The van der Waals surface area contributed by atoms with Crippen LogP contribution in [0.3, 0.4) is 0 Å². The molecule has 1 saturated heterocycles. The van der Waals surface area contributed by atoms with Gasteiger partial charge in [-0.05, 0) is 37.5 Å². The number of hydrogen-bond donors (Lipinski definition) is 0. The number of aromatic nitrogens is 1. The Morgan fingerprint density at radius 1 is 1.24 bits per heavy atom. The second-order valence-corrected chi connectivity index (χ2v) is 7.17. The minimum absolute atomic E-state index is 0.252. The molecule has 2 fully saturated rings. The van der Waals surface area contributed by atoms with Crippen LogP contribution in [0.1, 0.15) is 24.8 Å². The fraction of sp³-hybridized carbons (Fsp3) is 0.421. The first-order valence-electron chi connectivity index (χ1n) is 8.69. The number of carbonyl (C=O) groups excluding carboxylic acids is 1. The molecule has 0 radical (unpaired) electrons. The monoisotopic (exact) mass is 354 g/mol. The minimum Gasteiger partial charge on any atom is -0.368 e. The van der Waals surface area contributed by atoms with Gasteiger partial charge in [-0.15, -0.1) is 0 Å². The standard InChI is InChI=1S/C19H19ClN4O/c20-15-4-5-17-16(10-15)18(14(11-21)12-22-17)23-6-1-7-24(9-8-23)19(25)13-2-3-13/h4-5,10,12-13H,1-3,6-9H2. The zero-order chi connectivity index (χ0) is 17.4. The van der Waals surface area contributed by atoms with Gasteiger partial charge in [0, 0.05) is 48.7 Å². The van der Waals surface area contributed by atoms with E-state index in [2.05, 4.69) is 16.0 Å². The number of carbonyl (C=O) groups is 1. The number of fused-ring (bicyclic) bond motifs is 1. The van der Waals surface area contributed by atoms with Gasteiger partial charge >= 0.3 is 0 Å². The SMILES string of the molecule is N#Cc1cnc2ccc(Cl)cc2c1N1CCCN(C(=O)C2CC2)CC1. The Morgan fingerprint density at radius 2 is 2.08 bits per heavy atom. The zero-order valence-electron chi connectivity index (χ0n) is 13.9. The van der Waals surface area contributed by atoms with Crippen molar-refractivity contribution >= 4 is 34.1 Å². The summed E-state index contributed by atoms with van der Waals surface area (Å²) in [5.41, 5.74) is 2.26. The number of benzene rings is 1. The molecule has 128 valence electrons. The summed E-state index contributed by atoms with van der Waals surface area (Å²) in [6.07, 6.45) is 4.59. The van der Waals surface area contributed by atoms with Crippen LogP contribution < -0.4 is 4.90 Å². The predicted octanol–water partition coefficient (Wildman–Crippen LogP) is 3.21. The Labute approximate surface area is 151 Å². The third-order valence-electron chi connectivity index (χ3n) is 4.97. The highest BCUT2D eigenvalue weighted by Gasteiger charge is 2.34. The van der Waals surface area contributed by atoms with Gasteiger partial charge in [0.05, 0.1) is 16.8 Å². The number of hydrogen-bond acceptors (Lipinski definition) is 4. The van der Waals surface area contributed by atoms with E-state index in [9.17, 15) is 10.1 Å². The molecule has 0 N–H and O–H groups in total. The summed E-state index contributed by atoms with van der Waals surface area (Å²) >= 11 is 6.18. The topological polar surface area (TPSA) is 60.2 Å². The number of nitriles is 1. The molecule has 1 aliphatic heterocycles. The van der Waals surface area contributed by atoms with Crippen LogP contribution in [0.25, 0.3) is 10.9 Å². The van der Waals surface area contributed by atoms with Crippen LogP contribution in [0, 0.1) is 17.2 Å². The lowest BCUT2D eigenvalue weighted by Gasteiger charge is -2.26. The van der Waals surface area contributed by atoms with Crippen molar-refractivity contribution < 1.29 is 4.79 Å². The molecule has 0 atom stereocenters. The van der Waals surface area contributed by atoms with Crippen molar-refractivity contribution in [2.45, 2.75) is 19.3 Å². The molecule has 6 heteroatoms. The van der Waals surface area contributed by atoms with Gasteiger partial charge < -0.3 is 9.80 Å². The Bertz CT molecular complexity index is 872. The first-order chi connectivity index (χ1) is 12.2. The number of rotatable bonds is 2. The van der Waals surface area contributed by atoms with Gasteiger partial charge in [0.2, 0.25) is 5.91 Å². The van der Waals surface area contributed by atoms with Crippen molar-refractivity contribution in [3.63, 3.8) is 0 Å². The van der Waals surface area contributed by atoms with Gasteiger partial charge in [0.15, 0.2) is 0 Å². The van der Waals surface area contributed by atoms with E-state index in [0.717, 1.165) is 55.5 Å². The largest absolute Gasteiger partial charge is 0.368 e. The average molecular weight is 355 g/mol. The summed E-state index contributed by atoms with van der Waals surface area (Å²) in [7, 11) is 0. The fourth-order valence-electron chi connectivity index (χ4n) is 3.52. The fourth-order valence-corrected chi connectivity index (χ4v) is 3.70. The molecule has 0 unspecified atom stereocenters. The van der Waals surface area contributed by atoms with E-state index in [1.54, 1.807) is 6.20 Å². The van der Waals surface area contributed by atoms with Crippen molar-refractivity contribution in [1.82, 2.24) is 9.88 Å². The van der Waals surface area contributed by atoms with E-state index < -0.39 is 0 Å². The maximum absolute atomic E-state index is 12.4. The molecule has 1 aliphatic carbocycles. The van der Waals surface area contributed by atoms with Crippen LogP contribution in [-0.2, 0) is 4.79 Å². The molecular formula is C19H19ClN4O. The third kappa shape index (κ3) is 3.14. The molecule has 1 aromatic heterocycles. The van der Waals surface area contributed by atoms with E-state index in [1.807, 2.05) is 23.1 Å². The van der Waals surface area contributed by atoms with Gasteiger partial charge in [-0.2, -0.15) is 5.26 Å². The van der Waals surface area contributed by atoms with Crippen LogP contribution in [0.2, 0.25) is 5.02 Å². The molecule has 0 spiro atoms. The van der Waals surface area contributed by atoms with Gasteiger partial charge in [-0.3, -0.25) is 9.78 Å². The Morgan fingerprint density at radius 3 is 2.84 bits per heavy atom. The highest BCUT2D eigenvalue weighted by Crippen LogP contribution is 2.33. The summed E-state index contributed by atoms with van der Waals surface area (Å²) in [5.74, 6) is 0.548. The van der Waals surface area contributed by atoms with Crippen LogP contribution in [0.5, 0.6) is 0 Å². The van der Waals surface area contributed by atoms with Gasteiger partial charge in [0.25, 0.3) is 0 Å². The first kappa shape index (κ1) is 16.2. The Balaban J connectivity index is 1.67. The maximum Gasteiger partial charge on any atom is 0.225 e. The minimum atomic E-state index is 0.252. The molecule has 5 nitrogen and oxygen atoms in total. The van der Waals surface area contributed by atoms with Gasteiger partial charge in [0.1, 0.15) is 6.07 Å². The molecule has 2 aliphatic rings.